The zero-order chi connectivity index (χ0) is 51.6. The van der Waals surface area contributed by atoms with Crippen LogP contribution in [0, 0.1) is 17.8 Å². The van der Waals surface area contributed by atoms with E-state index in [0.29, 0.717) is 34.7 Å². The summed E-state index contributed by atoms with van der Waals surface area (Å²) in [6.45, 7) is 18.3. The first kappa shape index (κ1) is 52.2. The Morgan fingerprint density at radius 2 is 1.50 bits per heavy atom. The van der Waals surface area contributed by atoms with Gasteiger partial charge in [-0.15, -0.1) is 0 Å². The molecular formula is C48H62N12O10P2. The predicted molar refractivity (Wildman–Crippen MR) is 269 cm³/mol. The van der Waals surface area contributed by atoms with Gasteiger partial charge in [0.05, 0.1) is 56.3 Å². The highest BCUT2D eigenvalue weighted by Gasteiger charge is 2.48. The number of carbonyl (C=O) groups is 2. The molecule has 8 rings (SSSR count). The van der Waals surface area contributed by atoms with Gasteiger partial charge in [-0.25, -0.2) is 34.6 Å². The Bertz CT molecular complexity index is 2950. The summed E-state index contributed by atoms with van der Waals surface area (Å²) in [6, 6.07) is 14.9. The number of aromatic nitrogens is 6. The van der Waals surface area contributed by atoms with Gasteiger partial charge >= 0.3 is 19.7 Å². The molecule has 2 fully saturated rings. The molecule has 3 aliphatic rings. The van der Waals surface area contributed by atoms with E-state index in [4.69, 9.17) is 44.5 Å². The van der Waals surface area contributed by atoms with E-state index in [2.05, 4.69) is 43.6 Å². The van der Waals surface area contributed by atoms with Crippen LogP contribution in [-0.4, -0.2) is 96.1 Å². The van der Waals surface area contributed by atoms with Gasteiger partial charge in [0, 0.05) is 24.4 Å². The zero-order valence-electron chi connectivity index (χ0n) is 41.0. The minimum Gasteiger partial charge on any atom is -0.462 e. The second kappa shape index (κ2) is 21.6. The second-order valence-electron chi connectivity index (χ2n) is 18.7. The molecule has 4 unspecified atom stereocenters. The van der Waals surface area contributed by atoms with Gasteiger partial charge in [0.15, 0.2) is 28.9 Å². The van der Waals surface area contributed by atoms with Crippen LogP contribution in [0.15, 0.2) is 103 Å². The lowest BCUT2D eigenvalue weighted by atomic mass is 9.66. The number of para-hydroxylation sites is 1. The van der Waals surface area contributed by atoms with Crippen LogP contribution in [0.1, 0.15) is 83.3 Å². The van der Waals surface area contributed by atoms with Crippen LogP contribution >= 0.6 is 15.3 Å². The van der Waals surface area contributed by atoms with Crippen LogP contribution in [0.2, 0.25) is 0 Å². The number of fused-ring (bicyclic) bond motifs is 2. The Kier molecular flexibility index (Phi) is 15.6. The fraction of sp³-hybridized carbons (Fsp3) is 0.438. The fourth-order valence-electron chi connectivity index (χ4n) is 8.87. The first-order chi connectivity index (χ1) is 34.3. The third kappa shape index (κ3) is 11.3. The molecule has 384 valence electrons. The number of esters is 2. The molecule has 4 heterocycles. The third-order valence-electron chi connectivity index (χ3n) is 12.6. The zero-order valence-corrected chi connectivity index (χ0v) is 42.7. The van der Waals surface area contributed by atoms with Crippen LogP contribution in [0.4, 0.5) is 11.6 Å². The number of aliphatic hydroxyl groups excluding tert-OH is 1. The van der Waals surface area contributed by atoms with Crippen molar-refractivity contribution in [2.75, 3.05) is 25.6 Å². The lowest BCUT2D eigenvalue weighted by Gasteiger charge is -2.47. The first-order valence-corrected chi connectivity index (χ1v) is 27.0. The first-order valence-electron chi connectivity index (χ1n) is 23.7. The van der Waals surface area contributed by atoms with E-state index in [0.717, 1.165) is 11.1 Å². The van der Waals surface area contributed by atoms with E-state index < -0.39 is 63.3 Å². The van der Waals surface area contributed by atoms with E-state index >= 15 is 0 Å². The van der Waals surface area contributed by atoms with Crippen LogP contribution in [-0.2, 0) is 43.4 Å². The molecule has 5 aromatic rings. The number of nitrogens with zero attached hydrogens (tertiary/aromatic N) is 7. The summed E-state index contributed by atoms with van der Waals surface area (Å²) in [4.78, 5) is 48.8. The quantitative estimate of drug-likeness (QED) is 0.0257. The number of aliphatic imine (C=N–C) groups is 1. The number of nitrogens with one attached hydrogen (secondary N) is 3. The molecule has 1 aliphatic heterocycles. The summed E-state index contributed by atoms with van der Waals surface area (Å²) in [7, 11) is -7.82. The molecule has 0 amide bonds. The molecule has 22 nitrogen and oxygen atoms in total. The third-order valence-corrected chi connectivity index (χ3v) is 16.4. The Labute approximate surface area is 417 Å². The van der Waals surface area contributed by atoms with Crippen LogP contribution < -0.4 is 31.5 Å². The highest BCUT2D eigenvalue weighted by atomic mass is 31.2. The monoisotopic (exact) mass is 1030 g/mol. The molecule has 2 aromatic carbocycles. The van der Waals surface area contributed by atoms with Gasteiger partial charge in [-0.2, -0.15) is 5.09 Å². The Morgan fingerprint density at radius 3 is 2.14 bits per heavy atom. The molecule has 24 heteroatoms. The van der Waals surface area contributed by atoms with Crippen molar-refractivity contribution >= 4 is 55.8 Å². The van der Waals surface area contributed by atoms with Crippen molar-refractivity contribution < 1.29 is 46.9 Å². The Morgan fingerprint density at radius 1 is 0.861 bits per heavy atom. The predicted octanol–water partition coefficient (Wildman–Crippen LogP) is 6.17. The summed E-state index contributed by atoms with van der Waals surface area (Å²) < 4.78 is 60.9. The van der Waals surface area contributed by atoms with Crippen molar-refractivity contribution in [1.29, 1.82) is 0 Å². The SMILES string of the molecule is C=C1[C@@H](n2cnc3c2N=C(c2nc(N)c4ncn([C@H]5C[C@@H](COP(=O)(N[C@@H](C)C(=O)OC(C)C)Oc6ccccc6)C5=C)c4n2)NC3N)[C@H](CO)[C@H]1COP(=O)(Cc1ccccc1)NC(C)C(=O)OC(C)C. The molecule has 72 heavy (non-hydrogen) atoms. The maximum atomic E-state index is 14.5. The molecule has 0 spiro atoms. The molecule has 0 saturated heterocycles. The van der Waals surface area contributed by atoms with E-state index in [1.165, 1.54) is 6.92 Å². The molecule has 8 N–H and O–H groups in total. The van der Waals surface area contributed by atoms with Gasteiger partial charge in [0.1, 0.15) is 35.2 Å². The summed E-state index contributed by atoms with van der Waals surface area (Å²) in [5.74, 6) is -1.21. The number of nitrogen functional groups attached to an aromatic ring is 1. The van der Waals surface area contributed by atoms with E-state index in [1.54, 1.807) is 82.2 Å². The van der Waals surface area contributed by atoms with Gasteiger partial charge in [-0.05, 0) is 76.8 Å². The smallest absolute Gasteiger partial charge is 0.459 e. The van der Waals surface area contributed by atoms with Gasteiger partial charge in [-0.3, -0.25) is 18.7 Å². The van der Waals surface area contributed by atoms with Crippen molar-refractivity contribution in [2.45, 2.75) is 96.7 Å². The largest absolute Gasteiger partial charge is 0.462 e. The second-order valence-corrected chi connectivity index (χ2v) is 22.6. The molecule has 3 aromatic heterocycles. The Hall–Kier alpha value is -6.09. The van der Waals surface area contributed by atoms with Crippen LogP contribution in [0.5, 0.6) is 5.75 Å². The number of hydrogen-bond donors (Lipinski definition) is 6. The van der Waals surface area contributed by atoms with Gasteiger partial charge in [-0.1, -0.05) is 61.7 Å². The topological polar surface area (TPSA) is 297 Å². The van der Waals surface area contributed by atoms with E-state index in [1.807, 2.05) is 34.9 Å². The van der Waals surface area contributed by atoms with Crippen molar-refractivity contribution in [1.82, 2.24) is 44.6 Å². The number of aliphatic hydroxyl groups is 1. The summed E-state index contributed by atoms with van der Waals surface area (Å²) in [6.07, 6.45) is 2.11. The number of ether oxygens (including phenoxy) is 2. The fourth-order valence-corrected chi connectivity index (χ4v) is 12.5. The number of amidine groups is 1. The number of benzene rings is 2. The average molecular weight is 1030 g/mol. The van der Waals surface area contributed by atoms with Crippen LogP contribution in [0.3, 0.4) is 0 Å². The van der Waals surface area contributed by atoms with Crippen molar-refractivity contribution in [3.63, 3.8) is 0 Å². The highest BCUT2D eigenvalue weighted by molar-refractivity contribution is 7.56. The lowest BCUT2D eigenvalue weighted by molar-refractivity contribution is -0.150. The molecule has 2 saturated carbocycles. The molecule has 0 bridgehead atoms. The van der Waals surface area contributed by atoms with Gasteiger partial charge < -0.3 is 49.5 Å². The van der Waals surface area contributed by atoms with E-state index in [9.17, 15) is 23.8 Å². The van der Waals surface area contributed by atoms with Crippen LogP contribution in [0.25, 0.3) is 11.2 Å². The molecular weight excluding hydrogens is 967 g/mol. The molecule has 10 atom stereocenters. The normalized spacial score (nSPS) is 23.2. The number of nitrogens with two attached hydrogens (primary N) is 2. The molecule has 0 radical (unpaired) electrons. The summed E-state index contributed by atoms with van der Waals surface area (Å²) >= 11 is 0. The maximum Gasteiger partial charge on any atom is 0.459 e. The number of imidazole rings is 2. The van der Waals surface area contributed by atoms with Gasteiger partial charge in [0.25, 0.3) is 7.52 Å². The maximum absolute atomic E-state index is 14.5. The van der Waals surface area contributed by atoms with Crippen molar-refractivity contribution in [3.8, 4) is 5.75 Å². The van der Waals surface area contributed by atoms with Crippen molar-refractivity contribution in [3.05, 3.63) is 115 Å². The number of hydrogen-bond acceptors (Lipinski definition) is 18. The average Bonchev–Trinajstić information content (AvgIpc) is 3.95. The number of carbonyl (C=O) groups excluding carboxylic acids is 2. The highest BCUT2D eigenvalue weighted by Crippen LogP contribution is 2.54. The van der Waals surface area contributed by atoms with Gasteiger partial charge in [0.2, 0.25) is 0 Å². The minimum absolute atomic E-state index is 0.00833. The number of anilines is 1. The summed E-state index contributed by atoms with van der Waals surface area (Å²) in [5.41, 5.74) is 16.5. The standard InChI is InChI=1S/C48H62N12O10P2/c1-26(2)68-47(62)30(7)57-71(64,23-32-15-11-9-12-16-32)66-22-36-29(6)40(35(36)20-61)60-25-52-39-42(50)54-44(56-46(39)60)43-53-41(49)38-45(55-43)59(24-51-38)37-19-33(28(37)5)21-67-72(65,70-34-17-13-10-14-18-34)58-31(8)48(63)69-27(3)4/h9-18,24-27,30-31,33,35-37,40,42,61H,5-6,19-23,50H2,1-4,7-8H3,(H,54,56)(H,57,64)(H,58,65)(H2,49,53,55)/t30?,31-,33-,35+,36-,37-,40+,42?,71?,72?/m0/s1. The summed E-state index contributed by atoms with van der Waals surface area (Å²) in [5, 5.41) is 19.6. The number of rotatable bonds is 22. The lowest BCUT2D eigenvalue weighted by Crippen LogP contribution is -2.45. The van der Waals surface area contributed by atoms with E-state index in [-0.39, 0.29) is 73.4 Å². The molecule has 2 aliphatic carbocycles. The minimum atomic E-state index is -4.11. The van der Waals surface area contributed by atoms with Crippen molar-refractivity contribution in [2.24, 2.45) is 28.5 Å². The Balaban J connectivity index is 0.975.